The van der Waals surface area contributed by atoms with Crippen molar-refractivity contribution in [3.05, 3.63) is 30.3 Å². The van der Waals surface area contributed by atoms with Crippen molar-refractivity contribution in [3.63, 3.8) is 0 Å². The van der Waals surface area contributed by atoms with Crippen molar-refractivity contribution in [2.24, 2.45) is 0 Å². The van der Waals surface area contributed by atoms with Gasteiger partial charge in [0.25, 0.3) is 10.1 Å². The Labute approximate surface area is 109 Å². The van der Waals surface area contributed by atoms with Crippen molar-refractivity contribution < 1.29 is 17.3 Å². The number of epoxide rings is 1. The number of benzene rings is 1. The molecule has 1 aromatic rings. The summed E-state index contributed by atoms with van der Waals surface area (Å²) in [5, 5.41) is 1.32. The largest absolute Gasteiger partial charge is 0.370 e. The molecule has 0 aliphatic carbocycles. The van der Waals surface area contributed by atoms with E-state index in [1.165, 1.54) is 5.19 Å². The number of rotatable bonds is 5. The molecule has 18 heavy (non-hydrogen) atoms. The zero-order valence-electron chi connectivity index (χ0n) is 10.8. The average Bonchev–Trinajstić information content (AvgIpc) is 3.07. The first-order valence-corrected chi connectivity index (χ1v) is 10.8. The molecule has 0 bridgehead atoms. The van der Waals surface area contributed by atoms with Crippen LogP contribution >= 0.6 is 0 Å². The molecule has 1 aromatic carbocycles. The van der Waals surface area contributed by atoms with Crippen molar-refractivity contribution >= 4 is 23.4 Å². The van der Waals surface area contributed by atoms with E-state index in [1.807, 2.05) is 18.2 Å². The number of hydrogen-bond acceptors (Lipinski definition) is 4. The molecule has 2 rings (SSSR count). The molecule has 1 fully saturated rings. The van der Waals surface area contributed by atoms with Gasteiger partial charge in [-0.25, -0.2) is 0 Å². The molecular formula is C12H18O4SSi. The van der Waals surface area contributed by atoms with E-state index < -0.39 is 18.2 Å². The van der Waals surface area contributed by atoms with Crippen LogP contribution in [0.15, 0.2) is 30.3 Å². The second-order valence-electron chi connectivity index (χ2n) is 5.17. The maximum absolute atomic E-state index is 10.9. The molecule has 0 spiro atoms. The topological polar surface area (TPSA) is 55.9 Å². The molecule has 1 heterocycles. The van der Waals surface area contributed by atoms with Crippen molar-refractivity contribution in [2.45, 2.75) is 24.9 Å². The highest BCUT2D eigenvalue weighted by Gasteiger charge is 2.52. The molecule has 0 N–H and O–H groups in total. The van der Waals surface area contributed by atoms with Crippen LogP contribution in [-0.2, 0) is 19.0 Å². The molecule has 0 saturated carbocycles. The molecule has 4 nitrogen and oxygen atoms in total. The Morgan fingerprint density at radius 3 is 2.44 bits per heavy atom. The lowest BCUT2D eigenvalue weighted by Crippen LogP contribution is -2.48. The van der Waals surface area contributed by atoms with Crippen molar-refractivity contribution in [1.29, 1.82) is 0 Å². The Bertz CT molecular complexity index is 512. The SMILES string of the molecule is C[Si](C)(c1ccccc1)[C@@H]1O[C@H]1COS(C)(=O)=O. The summed E-state index contributed by atoms with van der Waals surface area (Å²) in [7, 11) is -5.08. The minimum Gasteiger partial charge on any atom is -0.370 e. The number of hydrogen-bond donors (Lipinski definition) is 0. The van der Waals surface area contributed by atoms with E-state index in [1.54, 1.807) is 0 Å². The van der Waals surface area contributed by atoms with Gasteiger partial charge in [0.2, 0.25) is 0 Å². The van der Waals surface area contributed by atoms with Crippen LogP contribution in [0.1, 0.15) is 0 Å². The Kier molecular flexibility index (Phi) is 3.64. The Morgan fingerprint density at radius 1 is 1.28 bits per heavy atom. The molecular weight excluding hydrogens is 268 g/mol. The highest BCUT2D eigenvalue weighted by molar-refractivity contribution is 7.85. The van der Waals surface area contributed by atoms with Gasteiger partial charge in [-0.1, -0.05) is 48.6 Å². The molecule has 1 aliphatic heterocycles. The summed E-state index contributed by atoms with van der Waals surface area (Å²) < 4.78 is 32.2. The van der Waals surface area contributed by atoms with E-state index >= 15 is 0 Å². The van der Waals surface area contributed by atoms with E-state index in [0.29, 0.717) is 0 Å². The van der Waals surface area contributed by atoms with Gasteiger partial charge in [-0.15, -0.1) is 0 Å². The quantitative estimate of drug-likeness (QED) is 0.458. The molecule has 100 valence electrons. The molecule has 0 amide bonds. The predicted octanol–water partition coefficient (Wildman–Crippen LogP) is 0.885. The molecule has 0 unspecified atom stereocenters. The van der Waals surface area contributed by atoms with Crippen LogP contribution < -0.4 is 5.19 Å². The van der Waals surface area contributed by atoms with Gasteiger partial charge in [-0.05, 0) is 0 Å². The summed E-state index contributed by atoms with van der Waals surface area (Å²) in [6.07, 6.45) is 0.978. The zero-order valence-corrected chi connectivity index (χ0v) is 12.6. The van der Waals surface area contributed by atoms with Gasteiger partial charge in [0.15, 0.2) is 0 Å². The lowest BCUT2D eigenvalue weighted by Gasteiger charge is -2.20. The highest BCUT2D eigenvalue weighted by Crippen LogP contribution is 2.31. The van der Waals surface area contributed by atoms with Gasteiger partial charge < -0.3 is 4.74 Å². The van der Waals surface area contributed by atoms with E-state index in [-0.39, 0.29) is 18.4 Å². The zero-order chi connectivity index (χ0) is 13.4. The third kappa shape index (κ3) is 3.20. The van der Waals surface area contributed by atoms with E-state index in [2.05, 4.69) is 25.2 Å². The average molecular weight is 286 g/mol. The predicted molar refractivity (Wildman–Crippen MR) is 73.0 cm³/mol. The van der Waals surface area contributed by atoms with Gasteiger partial charge >= 0.3 is 0 Å². The number of ether oxygens (including phenoxy) is 1. The fourth-order valence-corrected chi connectivity index (χ4v) is 5.43. The van der Waals surface area contributed by atoms with Crippen LogP contribution in [-0.4, -0.2) is 41.2 Å². The molecule has 0 aromatic heterocycles. The molecule has 6 heteroatoms. The van der Waals surface area contributed by atoms with Crippen molar-refractivity contribution in [1.82, 2.24) is 0 Å². The maximum Gasteiger partial charge on any atom is 0.264 e. The molecule has 2 atom stereocenters. The maximum atomic E-state index is 10.9. The van der Waals surface area contributed by atoms with E-state index in [0.717, 1.165) is 6.26 Å². The van der Waals surface area contributed by atoms with Crippen LogP contribution in [0.2, 0.25) is 13.1 Å². The molecule has 1 saturated heterocycles. The minimum absolute atomic E-state index is 0.0819. The van der Waals surface area contributed by atoms with Gasteiger partial charge in [-0.2, -0.15) is 8.42 Å². The summed E-state index contributed by atoms with van der Waals surface area (Å²) in [5.41, 5.74) is 0.140. The Hall–Kier alpha value is -0.693. The Morgan fingerprint density at radius 2 is 1.89 bits per heavy atom. The summed E-state index contributed by atoms with van der Waals surface area (Å²) in [4.78, 5) is 0. The van der Waals surface area contributed by atoms with Crippen LogP contribution in [0.4, 0.5) is 0 Å². The summed E-state index contributed by atoms with van der Waals surface area (Å²) in [6.45, 7) is 4.59. The lowest BCUT2D eigenvalue weighted by atomic mass is 10.4. The fourth-order valence-electron chi connectivity index (χ4n) is 2.13. The first kappa shape index (κ1) is 13.7. The summed E-state index contributed by atoms with van der Waals surface area (Å²) in [5.74, 6) is 0. The van der Waals surface area contributed by atoms with Crippen LogP contribution in [0.3, 0.4) is 0 Å². The van der Waals surface area contributed by atoms with Crippen LogP contribution in [0, 0.1) is 0 Å². The van der Waals surface area contributed by atoms with E-state index in [4.69, 9.17) is 8.92 Å². The second kappa shape index (κ2) is 4.77. The standard InChI is InChI=1S/C12H18O4SSi/c1-17(13,14)15-9-11-12(16-11)18(2,3)10-7-5-4-6-8-10/h4-8,11-12H,9H2,1-3H3/t11-,12-/m0/s1. The fraction of sp³-hybridized carbons (Fsp3) is 0.500. The van der Waals surface area contributed by atoms with Gasteiger partial charge in [-0.3, -0.25) is 4.18 Å². The normalized spacial score (nSPS) is 23.9. The van der Waals surface area contributed by atoms with E-state index in [9.17, 15) is 8.42 Å². The third-order valence-electron chi connectivity index (χ3n) is 3.26. The monoisotopic (exact) mass is 286 g/mol. The summed E-state index contributed by atoms with van der Waals surface area (Å²) >= 11 is 0. The van der Waals surface area contributed by atoms with Gasteiger partial charge in [0, 0.05) is 0 Å². The second-order valence-corrected chi connectivity index (χ2v) is 11.4. The first-order valence-electron chi connectivity index (χ1n) is 5.86. The molecule has 0 radical (unpaired) electrons. The highest BCUT2D eigenvalue weighted by atomic mass is 32.2. The smallest absolute Gasteiger partial charge is 0.264 e. The van der Waals surface area contributed by atoms with Gasteiger partial charge in [0.1, 0.15) is 14.2 Å². The molecule has 1 aliphatic rings. The van der Waals surface area contributed by atoms with Crippen LogP contribution in [0.5, 0.6) is 0 Å². The minimum atomic E-state index is -3.38. The first-order chi connectivity index (χ1) is 8.31. The third-order valence-corrected chi connectivity index (χ3v) is 7.57. The Balaban J connectivity index is 1.98. The van der Waals surface area contributed by atoms with Crippen LogP contribution in [0.25, 0.3) is 0 Å². The summed E-state index contributed by atoms with van der Waals surface area (Å²) in [6, 6.07) is 10.3. The van der Waals surface area contributed by atoms with Gasteiger partial charge in [0.05, 0.1) is 18.6 Å². The van der Waals surface area contributed by atoms with Crippen molar-refractivity contribution in [2.75, 3.05) is 12.9 Å². The van der Waals surface area contributed by atoms with Crippen molar-refractivity contribution in [3.8, 4) is 0 Å². The lowest BCUT2D eigenvalue weighted by molar-refractivity contribution is 0.268.